The zero-order chi connectivity index (χ0) is 20.7. The summed E-state index contributed by atoms with van der Waals surface area (Å²) in [5.41, 5.74) is 3.61. The first-order valence-corrected chi connectivity index (χ1v) is 10.6. The van der Waals surface area contributed by atoms with Crippen LogP contribution in [0.5, 0.6) is 0 Å². The molecule has 0 unspecified atom stereocenters. The first-order valence-electron chi connectivity index (χ1n) is 10.2. The molecule has 0 radical (unpaired) electrons. The van der Waals surface area contributed by atoms with Gasteiger partial charge in [-0.2, -0.15) is 0 Å². The van der Waals surface area contributed by atoms with Crippen LogP contribution in [-0.4, -0.2) is 49.6 Å². The van der Waals surface area contributed by atoms with Gasteiger partial charge in [0.1, 0.15) is 5.82 Å². The Balaban J connectivity index is 1.56. The summed E-state index contributed by atoms with van der Waals surface area (Å²) in [6.07, 6.45) is 0.841. The normalized spacial score (nSPS) is 22.1. The molecule has 2 aliphatic heterocycles. The van der Waals surface area contributed by atoms with Crippen molar-refractivity contribution in [2.24, 2.45) is 0 Å². The molecule has 2 aromatic rings. The molecule has 0 saturated carbocycles. The highest BCUT2D eigenvalue weighted by Gasteiger charge is 2.29. The third-order valence-electron chi connectivity index (χ3n) is 6.36. The molecule has 4 nitrogen and oxygen atoms in total. The molecular weight excluding hydrogens is 389 g/mol. The third kappa shape index (κ3) is 3.86. The quantitative estimate of drug-likeness (QED) is 0.753. The lowest BCUT2D eigenvalue weighted by atomic mass is 10.1. The topological polar surface area (TPSA) is 26.8 Å². The number of likely N-dealkylation sites (N-methyl/N-ethyl adjacent to an activating group) is 1. The maximum atomic E-state index is 14.2. The highest BCUT2D eigenvalue weighted by molar-refractivity contribution is 6.30. The van der Waals surface area contributed by atoms with Crippen LogP contribution >= 0.6 is 11.6 Å². The maximum Gasteiger partial charge on any atom is 0.231 e. The second kappa shape index (κ2) is 7.96. The van der Waals surface area contributed by atoms with E-state index in [1.54, 1.807) is 17.0 Å². The Morgan fingerprint density at radius 1 is 1.17 bits per heavy atom. The van der Waals surface area contributed by atoms with Crippen molar-refractivity contribution >= 4 is 28.9 Å². The predicted octanol–water partition coefficient (Wildman–Crippen LogP) is 4.14. The number of hydrogen-bond donors (Lipinski definition) is 0. The number of amides is 1. The number of nitrogens with zero attached hydrogens (tertiary/aromatic N) is 3. The Bertz CT molecular complexity index is 922. The lowest BCUT2D eigenvalue weighted by Crippen LogP contribution is -2.55. The van der Waals surface area contributed by atoms with E-state index in [2.05, 4.69) is 48.9 Å². The molecule has 1 saturated heterocycles. The van der Waals surface area contributed by atoms with E-state index in [1.807, 2.05) is 0 Å². The first-order chi connectivity index (χ1) is 13.8. The van der Waals surface area contributed by atoms with Crippen molar-refractivity contribution in [2.45, 2.75) is 38.8 Å². The van der Waals surface area contributed by atoms with Gasteiger partial charge in [-0.25, -0.2) is 4.39 Å². The number of anilines is 2. The van der Waals surface area contributed by atoms with Gasteiger partial charge < -0.3 is 9.80 Å². The molecule has 0 aliphatic carbocycles. The van der Waals surface area contributed by atoms with Crippen molar-refractivity contribution in [3.8, 4) is 0 Å². The smallest absolute Gasteiger partial charge is 0.231 e. The molecule has 2 aromatic carbocycles. The summed E-state index contributed by atoms with van der Waals surface area (Å²) in [5, 5.41) is 0.0534. The van der Waals surface area contributed by atoms with Crippen LogP contribution < -0.4 is 9.80 Å². The molecule has 2 aliphatic rings. The fraction of sp³-hybridized carbons (Fsp3) is 0.435. The average molecular weight is 416 g/mol. The Morgan fingerprint density at radius 3 is 2.62 bits per heavy atom. The molecule has 4 rings (SSSR count). The van der Waals surface area contributed by atoms with Crippen LogP contribution in [0, 0.1) is 5.82 Å². The molecule has 0 bridgehead atoms. The van der Waals surface area contributed by atoms with Crippen LogP contribution in [0.4, 0.5) is 15.8 Å². The van der Waals surface area contributed by atoms with Gasteiger partial charge in [0.05, 0.1) is 11.4 Å². The van der Waals surface area contributed by atoms with Crippen LogP contribution in [0.3, 0.4) is 0 Å². The van der Waals surface area contributed by atoms with Gasteiger partial charge in [0.2, 0.25) is 5.91 Å². The fourth-order valence-corrected chi connectivity index (χ4v) is 4.58. The Morgan fingerprint density at radius 2 is 1.90 bits per heavy atom. The van der Waals surface area contributed by atoms with Gasteiger partial charge in [-0.1, -0.05) is 29.8 Å². The molecule has 2 atom stereocenters. The summed E-state index contributed by atoms with van der Waals surface area (Å²) in [4.78, 5) is 19.6. The number of benzene rings is 2. The molecule has 2 heterocycles. The van der Waals surface area contributed by atoms with Gasteiger partial charge in [-0.05, 0) is 56.6 Å². The summed E-state index contributed by atoms with van der Waals surface area (Å²) in [6, 6.07) is 12.2. The van der Waals surface area contributed by atoms with Crippen LogP contribution in [0.15, 0.2) is 36.4 Å². The van der Waals surface area contributed by atoms with E-state index in [4.69, 9.17) is 11.6 Å². The minimum atomic E-state index is -0.504. The zero-order valence-corrected chi connectivity index (χ0v) is 17.9. The first kappa shape index (κ1) is 20.2. The zero-order valence-electron chi connectivity index (χ0n) is 17.2. The van der Waals surface area contributed by atoms with E-state index in [9.17, 15) is 9.18 Å². The summed E-state index contributed by atoms with van der Waals surface area (Å²) in [5.74, 6) is -0.599. The van der Waals surface area contributed by atoms with Crippen molar-refractivity contribution in [3.63, 3.8) is 0 Å². The highest BCUT2D eigenvalue weighted by Crippen LogP contribution is 2.34. The van der Waals surface area contributed by atoms with E-state index in [1.165, 1.54) is 11.6 Å². The molecule has 6 heteroatoms. The Hall–Kier alpha value is -2.11. The van der Waals surface area contributed by atoms with Gasteiger partial charge in [0.25, 0.3) is 0 Å². The second-order valence-corrected chi connectivity index (χ2v) is 8.67. The number of halogens is 2. The molecule has 1 amide bonds. The standard InChI is InChI=1S/C23H27ClFN3O/c1-15-13-27(14-16(2)26(15)3)19-8-7-17-9-10-28(21(17)12-19)22(29)11-18-5-4-6-20(24)23(18)25/h4-8,12,15-16H,9-11,13-14H2,1-3H3/t15-,16+. The van der Waals surface area contributed by atoms with Crippen LogP contribution in [0.25, 0.3) is 0 Å². The number of fused-ring (bicyclic) bond motifs is 1. The van der Waals surface area contributed by atoms with Crippen LogP contribution in [0.1, 0.15) is 25.0 Å². The van der Waals surface area contributed by atoms with E-state index < -0.39 is 5.82 Å². The molecular formula is C23H27ClFN3O. The monoisotopic (exact) mass is 415 g/mol. The van der Waals surface area contributed by atoms with Crippen molar-refractivity contribution in [2.75, 3.05) is 36.5 Å². The third-order valence-corrected chi connectivity index (χ3v) is 6.66. The Labute approximate surface area is 176 Å². The van der Waals surface area contributed by atoms with Crippen molar-refractivity contribution < 1.29 is 9.18 Å². The molecule has 29 heavy (non-hydrogen) atoms. The average Bonchev–Trinajstić information content (AvgIpc) is 3.12. The van der Waals surface area contributed by atoms with Gasteiger partial charge in [0, 0.05) is 43.1 Å². The maximum absolute atomic E-state index is 14.2. The van der Waals surface area contributed by atoms with Gasteiger partial charge in [-0.15, -0.1) is 0 Å². The number of rotatable bonds is 3. The minimum absolute atomic E-state index is 0.0125. The van der Waals surface area contributed by atoms with E-state index in [0.717, 1.165) is 30.9 Å². The van der Waals surface area contributed by atoms with E-state index >= 15 is 0 Å². The number of carbonyl (C=O) groups excluding carboxylic acids is 1. The lowest BCUT2D eigenvalue weighted by Gasteiger charge is -2.43. The van der Waals surface area contributed by atoms with Crippen molar-refractivity contribution in [1.29, 1.82) is 0 Å². The van der Waals surface area contributed by atoms with Crippen LogP contribution in [-0.2, 0) is 17.6 Å². The highest BCUT2D eigenvalue weighted by atomic mass is 35.5. The predicted molar refractivity (Wildman–Crippen MR) is 117 cm³/mol. The number of carbonyl (C=O) groups is 1. The van der Waals surface area contributed by atoms with Gasteiger partial charge in [0.15, 0.2) is 0 Å². The summed E-state index contributed by atoms with van der Waals surface area (Å²) in [7, 11) is 2.17. The van der Waals surface area contributed by atoms with Gasteiger partial charge in [-0.3, -0.25) is 9.69 Å². The molecule has 1 fully saturated rings. The van der Waals surface area contributed by atoms with Crippen molar-refractivity contribution in [3.05, 3.63) is 58.4 Å². The van der Waals surface area contributed by atoms with Gasteiger partial charge >= 0.3 is 0 Å². The number of hydrogen-bond acceptors (Lipinski definition) is 3. The summed E-state index contributed by atoms with van der Waals surface area (Å²) in [6.45, 7) is 7.04. The van der Waals surface area contributed by atoms with Crippen LogP contribution in [0.2, 0.25) is 5.02 Å². The SMILES string of the molecule is C[C@@H]1CN(c2ccc3c(c2)N(C(=O)Cc2cccc(Cl)c2F)CC3)C[C@H](C)N1C. The molecule has 0 N–H and O–H groups in total. The number of piperazine rings is 1. The summed E-state index contributed by atoms with van der Waals surface area (Å²) < 4.78 is 14.2. The van der Waals surface area contributed by atoms with E-state index in [0.29, 0.717) is 24.2 Å². The lowest BCUT2D eigenvalue weighted by molar-refractivity contribution is -0.117. The molecule has 154 valence electrons. The molecule has 0 aromatic heterocycles. The van der Waals surface area contributed by atoms with Crippen molar-refractivity contribution in [1.82, 2.24) is 4.90 Å². The van der Waals surface area contributed by atoms with E-state index in [-0.39, 0.29) is 17.4 Å². The fourth-order valence-electron chi connectivity index (χ4n) is 4.38. The Kier molecular flexibility index (Phi) is 5.54. The molecule has 0 spiro atoms. The largest absolute Gasteiger partial charge is 0.368 e. The second-order valence-electron chi connectivity index (χ2n) is 8.27. The summed E-state index contributed by atoms with van der Waals surface area (Å²) >= 11 is 5.87. The minimum Gasteiger partial charge on any atom is -0.368 e.